The number of ether oxygens (including phenoxy) is 1. The SMILES string of the molecule is CC(C)(CNC(=O)c1cc2c(s1)CCCCCC2)N1CCOCC1. The van der Waals surface area contributed by atoms with Crippen molar-refractivity contribution < 1.29 is 9.53 Å². The zero-order valence-corrected chi connectivity index (χ0v) is 15.8. The molecule has 1 saturated heterocycles. The minimum atomic E-state index is -0.0364. The number of aryl methyl sites for hydroxylation is 2. The van der Waals surface area contributed by atoms with Gasteiger partial charge in [0.05, 0.1) is 18.1 Å². The van der Waals surface area contributed by atoms with Gasteiger partial charge >= 0.3 is 0 Å². The van der Waals surface area contributed by atoms with Gasteiger partial charge in [-0.3, -0.25) is 9.69 Å². The standard InChI is InChI=1S/C19H30N2O2S/c1-19(2,21-9-11-23-12-10-21)14-20-18(22)17-13-15-7-5-3-4-6-8-16(15)24-17/h13H,3-12,14H2,1-2H3,(H,20,22). The van der Waals surface area contributed by atoms with Gasteiger partial charge < -0.3 is 10.1 Å². The highest BCUT2D eigenvalue weighted by Gasteiger charge is 2.29. The highest BCUT2D eigenvalue weighted by molar-refractivity contribution is 7.14. The van der Waals surface area contributed by atoms with Crippen LogP contribution in [0.3, 0.4) is 0 Å². The van der Waals surface area contributed by atoms with E-state index in [2.05, 4.69) is 30.1 Å². The van der Waals surface area contributed by atoms with Gasteiger partial charge in [-0.05, 0) is 51.2 Å². The van der Waals surface area contributed by atoms with Gasteiger partial charge in [0.2, 0.25) is 0 Å². The topological polar surface area (TPSA) is 41.6 Å². The summed E-state index contributed by atoms with van der Waals surface area (Å²) in [5.41, 5.74) is 1.38. The van der Waals surface area contributed by atoms with E-state index in [1.54, 1.807) is 11.3 Å². The molecule has 1 amide bonds. The number of nitrogens with one attached hydrogen (secondary N) is 1. The normalized spacial score (nSPS) is 20.1. The largest absolute Gasteiger partial charge is 0.379 e. The highest BCUT2D eigenvalue weighted by atomic mass is 32.1. The van der Waals surface area contributed by atoms with Crippen molar-refractivity contribution in [2.24, 2.45) is 0 Å². The molecule has 0 bridgehead atoms. The summed E-state index contributed by atoms with van der Waals surface area (Å²) in [6.07, 6.45) is 7.45. The molecule has 4 nitrogen and oxygen atoms in total. The van der Waals surface area contributed by atoms with Crippen LogP contribution in [0.5, 0.6) is 0 Å². The van der Waals surface area contributed by atoms with Gasteiger partial charge in [0.25, 0.3) is 5.91 Å². The minimum Gasteiger partial charge on any atom is -0.379 e. The van der Waals surface area contributed by atoms with Crippen molar-refractivity contribution in [2.45, 2.75) is 57.9 Å². The average Bonchev–Trinajstić information content (AvgIpc) is 2.96. The number of carbonyl (C=O) groups excluding carboxylic acids is 1. The second kappa shape index (κ2) is 7.98. The summed E-state index contributed by atoms with van der Waals surface area (Å²) < 4.78 is 5.43. The van der Waals surface area contributed by atoms with E-state index in [0.29, 0.717) is 6.54 Å². The molecule has 0 radical (unpaired) electrons. The summed E-state index contributed by atoms with van der Waals surface area (Å²) in [5, 5.41) is 3.17. The fourth-order valence-electron chi connectivity index (χ4n) is 3.62. The van der Waals surface area contributed by atoms with Crippen LogP contribution in [-0.4, -0.2) is 49.2 Å². The molecule has 1 fully saturated rings. The maximum Gasteiger partial charge on any atom is 0.261 e. The molecule has 0 unspecified atom stereocenters. The van der Waals surface area contributed by atoms with Crippen molar-refractivity contribution in [3.05, 3.63) is 21.4 Å². The fraction of sp³-hybridized carbons (Fsp3) is 0.737. The predicted octanol–water partition coefficient (Wildman–Crippen LogP) is 3.25. The Kier molecular flexibility index (Phi) is 5.95. The molecule has 0 saturated carbocycles. The van der Waals surface area contributed by atoms with Crippen molar-refractivity contribution in [2.75, 3.05) is 32.8 Å². The molecule has 1 aliphatic heterocycles. The quantitative estimate of drug-likeness (QED) is 0.906. The molecule has 0 aromatic carbocycles. The van der Waals surface area contributed by atoms with Crippen LogP contribution in [0.4, 0.5) is 0 Å². The number of amides is 1. The Hall–Kier alpha value is -0.910. The van der Waals surface area contributed by atoms with E-state index in [9.17, 15) is 4.79 Å². The molecule has 0 spiro atoms. The lowest BCUT2D eigenvalue weighted by Gasteiger charge is -2.40. The Labute approximate surface area is 149 Å². The van der Waals surface area contributed by atoms with E-state index in [1.807, 2.05) is 0 Å². The first kappa shape index (κ1) is 17.9. The summed E-state index contributed by atoms with van der Waals surface area (Å²) in [5.74, 6) is 0.0908. The van der Waals surface area contributed by atoms with Crippen LogP contribution in [-0.2, 0) is 17.6 Å². The second-order valence-electron chi connectivity index (χ2n) is 7.57. The third-order valence-corrected chi connectivity index (χ3v) is 6.50. The molecule has 2 aliphatic rings. The first-order valence-electron chi connectivity index (χ1n) is 9.29. The van der Waals surface area contributed by atoms with Gasteiger partial charge in [-0.15, -0.1) is 11.3 Å². The van der Waals surface area contributed by atoms with E-state index in [4.69, 9.17) is 4.74 Å². The van der Waals surface area contributed by atoms with E-state index in [-0.39, 0.29) is 11.4 Å². The minimum absolute atomic E-state index is 0.0364. The number of hydrogen-bond acceptors (Lipinski definition) is 4. The van der Waals surface area contributed by atoms with Crippen LogP contribution in [0.2, 0.25) is 0 Å². The molecular weight excluding hydrogens is 320 g/mol. The monoisotopic (exact) mass is 350 g/mol. The van der Waals surface area contributed by atoms with E-state index >= 15 is 0 Å². The predicted molar refractivity (Wildman–Crippen MR) is 99.0 cm³/mol. The average molecular weight is 351 g/mol. The maximum atomic E-state index is 12.6. The number of rotatable bonds is 4. The molecule has 1 aliphatic carbocycles. The van der Waals surface area contributed by atoms with Crippen LogP contribution in [0.1, 0.15) is 59.6 Å². The van der Waals surface area contributed by atoms with Crippen molar-refractivity contribution in [1.82, 2.24) is 10.2 Å². The highest BCUT2D eigenvalue weighted by Crippen LogP contribution is 2.28. The van der Waals surface area contributed by atoms with Crippen LogP contribution in [0, 0.1) is 0 Å². The Morgan fingerprint density at radius 2 is 1.92 bits per heavy atom. The number of carbonyl (C=O) groups is 1. The third kappa shape index (κ3) is 4.38. The van der Waals surface area contributed by atoms with Crippen molar-refractivity contribution >= 4 is 17.2 Å². The molecular formula is C19H30N2O2S. The fourth-order valence-corrected chi connectivity index (χ4v) is 4.79. The third-order valence-electron chi connectivity index (χ3n) is 5.27. The number of thiophene rings is 1. The first-order chi connectivity index (χ1) is 11.6. The van der Waals surface area contributed by atoms with Gasteiger partial charge in [0, 0.05) is 30.1 Å². The lowest BCUT2D eigenvalue weighted by molar-refractivity contribution is -0.00922. The number of hydrogen-bond donors (Lipinski definition) is 1. The lowest BCUT2D eigenvalue weighted by atomic mass is 9.99. The molecule has 2 heterocycles. The summed E-state index contributed by atoms with van der Waals surface area (Å²) in [6, 6.07) is 2.14. The van der Waals surface area contributed by atoms with Gasteiger partial charge in [0.15, 0.2) is 0 Å². The van der Waals surface area contributed by atoms with Gasteiger partial charge in [0.1, 0.15) is 0 Å². The van der Waals surface area contributed by atoms with Crippen LogP contribution < -0.4 is 5.32 Å². The Morgan fingerprint density at radius 1 is 1.21 bits per heavy atom. The molecule has 1 aromatic rings. The Morgan fingerprint density at radius 3 is 2.67 bits per heavy atom. The van der Waals surface area contributed by atoms with Crippen molar-refractivity contribution in [3.8, 4) is 0 Å². The number of fused-ring (bicyclic) bond motifs is 1. The van der Waals surface area contributed by atoms with Gasteiger partial charge in [-0.25, -0.2) is 0 Å². The second-order valence-corrected chi connectivity index (χ2v) is 8.70. The zero-order valence-electron chi connectivity index (χ0n) is 15.0. The Balaban J connectivity index is 1.59. The molecule has 24 heavy (non-hydrogen) atoms. The van der Waals surface area contributed by atoms with E-state index in [0.717, 1.165) is 44.0 Å². The van der Waals surface area contributed by atoms with Crippen LogP contribution in [0.15, 0.2) is 6.07 Å². The van der Waals surface area contributed by atoms with Crippen molar-refractivity contribution in [1.29, 1.82) is 0 Å². The number of nitrogens with zero attached hydrogens (tertiary/aromatic N) is 1. The van der Waals surface area contributed by atoms with E-state index < -0.39 is 0 Å². The molecule has 5 heteroatoms. The summed E-state index contributed by atoms with van der Waals surface area (Å²) in [4.78, 5) is 17.4. The summed E-state index contributed by atoms with van der Waals surface area (Å²) in [7, 11) is 0. The summed E-state index contributed by atoms with van der Waals surface area (Å²) >= 11 is 1.71. The van der Waals surface area contributed by atoms with Crippen molar-refractivity contribution in [3.63, 3.8) is 0 Å². The lowest BCUT2D eigenvalue weighted by Crippen LogP contribution is -2.55. The van der Waals surface area contributed by atoms with Crippen LogP contribution in [0.25, 0.3) is 0 Å². The smallest absolute Gasteiger partial charge is 0.261 e. The van der Waals surface area contributed by atoms with Crippen LogP contribution >= 0.6 is 11.3 Å². The molecule has 134 valence electrons. The number of morpholine rings is 1. The van der Waals surface area contributed by atoms with Gasteiger partial charge in [-0.2, -0.15) is 0 Å². The Bertz CT molecular complexity index is 536. The molecule has 0 atom stereocenters. The maximum absolute atomic E-state index is 12.6. The molecule has 1 aromatic heterocycles. The zero-order chi connectivity index (χ0) is 17.0. The molecule has 1 N–H and O–H groups in total. The first-order valence-corrected chi connectivity index (χ1v) is 10.1. The van der Waals surface area contributed by atoms with E-state index in [1.165, 1.54) is 36.1 Å². The van der Waals surface area contributed by atoms with Gasteiger partial charge in [-0.1, -0.05) is 12.8 Å². The molecule has 3 rings (SSSR count). The summed E-state index contributed by atoms with van der Waals surface area (Å²) in [6.45, 7) is 8.53.